The van der Waals surface area contributed by atoms with Crippen molar-refractivity contribution < 1.29 is 4.39 Å². The Morgan fingerprint density at radius 2 is 1.59 bits per heavy atom. The summed E-state index contributed by atoms with van der Waals surface area (Å²) in [5.74, 6) is 0. The van der Waals surface area contributed by atoms with Gasteiger partial charge >= 0.3 is 0 Å². The standard InChI is InChI=1S/C11H22FN3.C2H6/c1-14-6-8-15(9-7-14)10-11(12)2-4-13-5-3-11;1-2/h13H,2-10H2,1H3;1-2H3. The number of likely N-dealkylation sites (N-methyl/N-ethyl adjacent to an activating group) is 1. The highest BCUT2D eigenvalue weighted by Gasteiger charge is 2.34. The van der Waals surface area contributed by atoms with E-state index in [1.807, 2.05) is 13.8 Å². The number of nitrogens with zero attached hydrogens (tertiary/aromatic N) is 2. The van der Waals surface area contributed by atoms with E-state index in [1.54, 1.807) is 0 Å². The Labute approximate surface area is 105 Å². The van der Waals surface area contributed by atoms with Crippen molar-refractivity contribution in [2.75, 3.05) is 52.9 Å². The molecule has 0 atom stereocenters. The molecule has 2 saturated heterocycles. The van der Waals surface area contributed by atoms with Gasteiger partial charge in [0.25, 0.3) is 0 Å². The Morgan fingerprint density at radius 3 is 2.12 bits per heavy atom. The summed E-state index contributed by atoms with van der Waals surface area (Å²) in [6.07, 6.45) is 1.36. The van der Waals surface area contributed by atoms with Crippen molar-refractivity contribution >= 4 is 0 Å². The number of hydrogen-bond acceptors (Lipinski definition) is 3. The summed E-state index contributed by atoms with van der Waals surface area (Å²) in [5, 5.41) is 3.22. The highest BCUT2D eigenvalue weighted by molar-refractivity contribution is 4.88. The van der Waals surface area contributed by atoms with Gasteiger partial charge in [0.15, 0.2) is 0 Å². The minimum absolute atomic E-state index is 0.641. The lowest BCUT2D eigenvalue weighted by molar-refractivity contribution is 0.0411. The highest BCUT2D eigenvalue weighted by Crippen LogP contribution is 2.24. The largest absolute Gasteiger partial charge is 0.316 e. The average molecular weight is 245 g/mol. The minimum atomic E-state index is -0.929. The summed E-state index contributed by atoms with van der Waals surface area (Å²) in [7, 11) is 2.13. The Hall–Kier alpha value is -0.190. The average Bonchev–Trinajstić information content (AvgIpc) is 2.35. The van der Waals surface area contributed by atoms with Crippen molar-refractivity contribution in [1.29, 1.82) is 0 Å². The van der Waals surface area contributed by atoms with Gasteiger partial charge in [-0.3, -0.25) is 4.90 Å². The third kappa shape index (κ3) is 4.90. The van der Waals surface area contributed by atoms with Gasteiger partial charge in [0.05, 0.1) is 0 Å². The fourth-order valence-electron chi connectivity index (χ4n) is 2.44. The van der Waals surface area contributed by atoms with Gasteiger partial charge in [0.2, 0.25) is 0 Å². The second-order valence-corrected chi connectivity index (χ2v) is 4.98. The summed E-state index contributed by atoms with van der Waals surface area (Å²) < 4.78 is 14.4. The maximum absolute atomic E-state index is 14.4. The molecule has 1 N–H and O–H groups in total. The molecule has 102 valence electrons. The molecule has 0 aliphatic carbocycles. The third-order valence-corrected chi connectivity index (χ3v) is 3.60. The molecule has 2 aliphatic rings. The number of halogens is 1. The van der Waals surface area contributed by atoms with Crippen LogP contribution in [0.15, 0.2) is 0 Å². The van der Waals surface area contributed by atoms with Gasteiger partial charge in [0.1, 0.15) is 5.67 Å². The van der Waals surface area contributed by atoms with Crippen LogP contribution < -0.4 is 5.32 Å². The lowest BCUT2D eigenvalue weighted by atomic mass is 9.93. The minimum Gasteiger partial charge on any atom is -0.316 e. The van der Waals surface area contributed by atoms with Crippen LogP contribution in [0, 0.1) is 0 Å². The molecular formula is C13H28FN3. The predicted molar refractivity (Wildman–Crippen MR) is 71.2 cm³/mol. The van der Waals surface area contributed by atoms with E-state index in [0.717, 1.165) is 39.3 Å². The van der Waals surface area contributed by atoms with E-state index >= 15 is 0 Å². The van der Waals surface area contributed by atoms with E-state index < -0.39 is 5.67 Å². The second-order valence-electron chi connectivity index (χ2n) is 4.98. The molecule has 0 aromatic carbocycles. The maximum atomic E-state index is 14.4. The molecule has 0 radical (unpaired) electrons. The van der Waals surface area contributed by atoms with Crippen molar-refractivity contribution in [3.63, 3.8) is 0 Å². The molecule has 2 aliphatic heterocycles. The van der Waals surface area contributed by atoms with Crippen LogP contribution in [0.3, 0.4) is 0 Å². The zero-order valence-corrected chi connectivity index (χ0v) is 11.6. The summed E-state index contributed by atoms with van der Waals surface area (Å²) in [4.78, 5) is 4.59. The number of hydrogen-bond donors (Lipinski definition) is 1. The summed E-state index contributed by atoms with van der Waals surface area (Å²) in [6.45, 7) is 10.5. The Morgan fingerprint density at radius 1 is 1.06 bits per heavy atom. The van der Waals surface area contributed by atoms with E-state index in [9.17, 15) is 4.39 Å². The number of piperazine rings is 1. The van der Waals surface area contributed by atoms with Gasteiger partial charge in [0, 0.05) is 32.7 Å². The molecule has 2 rings (SSSR count). The van der Waals surface area contributed by atoms with E-state index in [2.05, 4.69) is 22.2 Å². The molecular weight excluding hydrogens is 217 g/mol. The van der Waals surface area contributed by atoms with Gasteiger partial charge in [-0.15, -0.1) is 0 Å². The van der Waals surface area contributed by atoms with E-state index in [1.165, 1.54) is 0 Å². The molecule has 17 heavy (non-hydrogen) atoms. The molecule has 0 unspecified atom stereocenters. The van der Waals surface area contributed by atoms with E-state index in [-0.39, 0.29) is 0 Å². The second kappa shape index (κ2) is 7.29. The molecule has 4 heteroatoms. The van der Waals surface area contributed by atoms with Crippen LogP contribution in [0.4, 0.5) is 4.39 Å². The molecule has 0 bridgehead atoms. The lowest BCUT2D eigenvalue weighted by Crippen LogP contribution is -2.52. The predicted octanol–water partition coefficient (Wildman–Crippen LogP) is 1.35. The molecule has 3 nitrogen and oxygen atoms in total. The first kappa shape index (κ1) is 14.9. The molecule has 0 saturated carbocycles. The van der Waals surface area contributed by atoms with Crippen molar-refractivity contribution in [1.82, 2.24) is 15.1 Å². The third-order valence-electron chi connectivity index (χ3n) is 3.60. The van der Waals surface area contributed by atoms with Gasteiger partial charge in [-0.1, -0.05) is 13.8 Å². The Balaban J connectivity index is 0.000000686. The molecule has 0 aromatic rings. The number of piperidine rings is 1. The lowest BCUT2D eigenvalue weighted by Gasteiger charge is -2.38. The maximum Gasteiger partial charge on any atom is 0.126 e. The van der Waals surface area contributed by atoms with Crippen LogP contribution in [-0.4, -0.2) is 68.3 Å². The fraction of sp³-hybridized carbons (Fsp3) is 1.00. The zero-order chi connectivity index (χ0) is 12.7. The van der Waals surface area contributed by atoms with Gasteiger partial charge in [-0.25, -0.2) is 4.39 Å². The quantitative estimate of drug-likeness (QED) is 0.792. The van der Waals surface area contributed by atoms with Crippen LogP contribution >= 0.6 is 0 Å². The van der Waals surface area contributed by atoms with Crippen LogP contribution in [0.25, 0.3) is 0 Å². The topological polar surface area (TPSA) is 18.5 Å². The molecule has 0 amide bonds. The van der Waals surface area contributed by atoms with Crippen LogP contribution in [0.5, 0.6) is 0 Å². The monoisotopic (exact) mass is 245 g/mol. The van der Waals surface area contributed by atoms with Crippen LogP contribution in [0.2, 0.25) is 0 Å². The first-order valence-electron chi connectivity index (χ1n) is 6.99. The van der Waals surface area contributed by atoms with Gasteiger partial charge in [-0.2, -0.15) is 0 Å². The smallest absolute Gasteiger partial charge is 0.126 e. The Kier molecular flexibility index (Phi) is 6.38. The SMILES string of the molecule is CC.CN1CCN(CC2(F)CCNCC2)CC1. The van der Waals surface area contributed by atoms with E-state index in [4.69, 9.17) is 0 Å². The summed E-state index contributed by atoms with van der Waals surface area (Å²) in [5.41, 5.74) is -0.929. The van der Waals surface area contributed by atoms with Crippen LogP contribution in [0.1, 0.15) is 26.7 Å². The van der Waals surface area contributed by atoms with Crippen LogP contribution in [-0.2, 0) is 0 Å². The highest BCUT2D eigenvalue weighted by atomic mass is 19.1. The van der Waals surface area contributed by atoms with Crippen molar-refractivity contribution in [3.8, 4) is 0 Å². The van der Waals surface area contributed by atoms with Crippen molar-refractivity contribution in [2.24, 2.45) is 0 Å². The molecule has 0 spiro atoms. The van der Waals surface area contributed by atoms with Crippen molar-refractivity contribution in [2.45, 2.75) is 32.4 Å². The van der Waals surface area contributed by atoms with Crippen molar-refractivity contribution in [3.05, 3.63) is 0 Å². The molecule has 2 fully saturated rings. The first-order valence-corrected chi connectivity index (χ1v) is 6.99. The first-order chi connectivity index (χ1) is 8.18. The summed E-state index contributed by atoms with van der Waals surface area (Å²) in [6, 6.07) is 0. The Bertz CT molecular complexity index is 197. The van der Waals surface area contributed by atoms with Gasteiger partial charge < -0.3 is 10.2 Å². The molecule has 2 heterocycles. The fourth-order valence-corrected chi connectivity index (χ4v) is 2.44. The number of nitrogens with one attached hydrogen (secondary N) is 1. The summed E-state index contributed by atoms with van der Waals surface area (Å²) >= 11 is 0. The normalized spacial score (nSPS) is 26.1. The van der Waals surface area contributed by atoms with Gasteiger partial charge in [-0.05, 0) is 33.0 Å². The zero-order valence-electron chi connectivity index (χ0n) is 11.6. The number of alkyl halides is 1. The molecule has 0 aromatic heterocycles. The van der Waals surface area contributed by atoms with E-state index in [0.29, 0.717) is 19.4 Å². The number of rotatable bonds is 2.